The highest BCUT2D eigenvalue weighted by atomic mass is 32.2. The normalized spacial score (nSPS) is 21.0. The molecule has 150 valence electrons. The molecular weight excluding hydrogens is 392 g/mol. The molecule has 0 spiro atoms. The van der Waals surface area contributed by atoms with Crippen molar-refractivity contribution < 1.29 is 23.9 Å². The van der Waals surface area contributed by atoms with Crippen LogP contribution in [0.1, 0.15) is 18.4 Å². The van der Waals surface area contributed by atoms with E-state index in [4.69, 9.17) is 4.74 Å². The molecule has 0 bridgehead atoms. The highest BCUT2D eigenvalue weighted by Crippen LogP contribution is 2.39. The van der Waals surface area contributed by atoms with Gasteiger partial charge in [0.15, 0.2) is 0 Å². The lowest BCUT2D eigenvalue weighted by Crippen LogP contribution is -2.45. The Kier molecular flexibility index (Phi) is 6.66. The summed E-state index contributed by atoms with van der Waals surface area (Å²) in [6.45, 7) is 0.202. The number of hydrogen-bond acceptors (Lipinski definition) is 7. The molecular formula is C21H20N2O5S. The number of aldehydes is 1. The van der Waals surface area contributed by atoms with Crippen molar-refractivity contribution >= 4 is 35.2 Å². The van der Waals surface area contributed by atoms with E-state index in [1.165, 1.54) is 0 Å². The van der Waals surface area contributed by atoms with Crippen molar-refractivity contribution in [3.63, 3.8) is 0 Å². The molecule has 7 nitrogen and oxygen atoms in total. The largest absolute Gasteiger partial charge is 0.459 e. The zero-order valence-corrected chi connectivity index (χ0v) is 16.4. The van der Waals surface area contributed by atoms with E-state index < -0.39 is 21.9 Å². The monoisotopic (exact) mass is 412 g/mol. The molecule has 1 atom stereocenters. The maximum absolute atomic E-state index is 12.9. The summed E-state index contributed by atoms with van der Waals surface area (Å²) in [6, 6.07) is 9.11. The molecule has 1 aliphatic heterocycles. The van der Waals surface area contributed by atoms with Crippen LogP contribution in [0.25, 0.3) is 0 Å². The molecule has 29 heavy (non-hydrogen) atoms. The van der Waals surface area contributed by atoms with Crippen LogP contribution in [0.2, 0.25) is 0 Å². The van der Waals surface area contributed by atoms with Gasteiger partial charge in [-0.3, -0.25) is 14.9 Å². The van der Waals surface area contributed by atoms with Crippen molar-refractivity contribution in [2.24, 2.45) is 0 Å². The second-order valence-corrected chi connectivity index (χ2v) is 7.74. The van der Waals surface area contributed by atoms with Gasteiger partial charge in [0.05, 0.1) is 6.54 Å². The van der Waals surface area contributed by atoms with Gasteiger partial charge in [-0.05, 0) is 35.4 Å². The summed E-state index contributed by atoms with van der Waals surface area (Å²) >= 11 is 0.652. The molecule has 2 aliphatic rings. The smallest absolute Gasteiger partial charge is 0.333 e. The zero-order valence-electron chi connectivity index (χ0n) is 15.6. The number of carbonyl (C=O) groups excluding carboxylic acids is 4. The summed E-state index contributed by atoms with van der Waals surface area (Å²) < 4.78 is 3.73. The van der Waals surface area contributed by atoms with Gasteiger partial charge >= 0.3 is 5.97 Å². The lowest BCUT2D eigenvalue weighted by Gasteiger charge is -2.22. The maximum atomic E-state index is 12.9. The standard InChI is InChI=1S/C21H20N2O5S/c24-12-11-22-17-8-4-7-15(9-10-17)13-21(18(25)23-20(27)29-21)19(26)28-14-16-5-2-1-3-6-16/h1-3,5-10,12,22H,4,11,13-14H2,(H,23,25,27). The summed E-state index contributed by atoms with van der Waals surface area (Å²) in [7, 11) is 0. The first-order chi connectivity index (χ1) is 14.0. The molecule has 1 aromatic carbocycles. The third kappa shape index (κ3) is 5.03. The fourth-order valence-corrected chi connectivity index (χ4v) is 3.95. The lowest BCUT2D eigenvalue weighted by atomic mass is 9.96. The summed E-state index contributed by atoms with van der Waals surface area (Å²) in [6.07, 6.45) is 8.63. The Balaban J connectivity index is 1.75. The number of rotatable bonds is 8. The number of ether oxygens (including phenoxy) is 1. The van der Waals surface area contributed by atoms with Crippen LogP contribution in [0.3, 0.4) is 0 Å². The molecule has 2 N–H and O–H groups in total. The van der Waals surface area contributed by atoms with Gasteiger partial charge in [0.1, 0.15) is 12.9 Å². The maximum Gasteiger partial charge on any atom is 0.333 e. The summed E-state index contributed by atoms with van der Waals surface area (Å²) in [5.41, 5.74) is 2.27. The number of thioether (sulfide) groups is 1. The second-order valence-electron chi connectivity index (χ2n) is 6.46. The van der Waals surface area contributed by atoms with Crippen LogP contribution in [-0.2, 0) is 25.7 Å². The number of nitrogens with one attached hydrogen (secondary N) is 2. The van der Waals surface area contributed by atoms with E-state index in [1.807, 2.05) is 42.5 Å². The molecule has 1 unspecified atom stereocenters. The van der Waals surface area contributed by atoms with Crippen molar-refractivity contribution in [3.05, 3.63) is 71.5 Å². The fourth-order valence-electron chi connectivity index (χ4n) is 2.97. The number of imide groups is 1. The molecule has 1 aromatic rings. The molecule has 1 saturated heterocycles. The lowest BCUT2D eigenvalue weighted by molar-refractivity contribution is -0.150. The van der Waals surface area contributed by atoms with Crippen LogP contribution in [0.4, 0.5) is 4.79 Å². The van der Waals surface area contributed by atoms with Crippen molar-refractivity contribution in [2.45, 2.75) is 24.2 Å². The Hall–Kier alpha value is -3.13. The van der Waals surface area contributed by atoms with Crippen LogP contribution in [0, 0.1) is 0 Å². The Morgan fingerprint density at radius 3 is 2.69 bits per heavy atom. The highest BCUT2D eigenvalue weighted by molar-refractivity contribution is 8.16. The van der Waals surface area contributed by atoms with Gasteiger partial charge in [-0.2, -0.15) is 0 Å². The minimum absolute atomic E-state index is 0.0136. The Morgan fingerprint density at radius 1 is 1.21 bits per heavy atom. The molecule has 8 heteroatoms. The number of allylic oxidation sites excluding steroid dienone is 5. The van der Waals surface area contributed by atoms with E-state index in [9.17, 15) is 19.2 Å². The first-order valence-corrected chi connectivity index (χ1v) is 9.85. The first kappa shape index (κ1) is 20.6. The number of esters is 1. The molecule has 1 fully saturated rings. The van der Waals surface area contributed by atoms with Gasteiger partial charge < -0.3 is 14.8 Å². The van der Waals surface area contributed by atoms with Crippen molar-refractivity contribution in [2.75, 3.05) is 6.54 Å². The number of amides is 2. The third-order valence-corrected chi connectivity index (χ3v) is 5.56. The second kappa shape index (κ2) is 9.38. The molecule has 2 amide bonds. The van der Waals surface area contributed by atoms with Crippen LogP contribution < -0.4 is 10.6 Å². The van der Waals surface area contributed by atoms with Gasteiger partial charge in [0, 0.05) is 12.1 Å². The van der Waals surface area contributed by atoms with E-state index in [1.54, 1.807) is 12.2 Å². The number of benzene rings is 1. The fraction of sp³-hybridized carbons (Fsp3) is 0.238. The van der Waals surface area contributed by atoms with Gasteiger partial charge in [0.2, 0.25) is 4.75 Å². The minimum atomic E-state index is -1.66. The Bertz CT molecular complexity index is 907. The quantitative estimate of drug-likeness (QED) is 0.384. The number of hydrogen-bond donors (Lipinski definition) is 2. The molecule has 1 heterocycles. The average molecular weight is 412 g/mol. The summed E-state index contributed by atoms with van der Waals surface area (Å²) in [4.78, 5) is 47.8. The predicted octanol–water partition coefficient (Wildman–Crippen LogP) is 2.40. The van der Waals surface area contributed by atoms with E-state index in [-0.39, 0.29) is 19.6 Å². The molecule has 3 rings (SSSR count). The van der Waals surface area contributed by atoms with Crippen LogP contribution in [-0.4, -0.2) is 34.7 Å². The van der Waals surface area contributed by atoms with Crippen LogP contribution >= 0.6 is 11.8 Å². The average Bonchev–Trinajstić information content (AvgIpc) is 2.88. The highest BCUT2D eigenvalue weighted by Gasteiger charge is 2.55. The van der Waals surface area contributed by atoms with E-state index in [0.29, 0.717) is 18.2 Å². The van der Waals surface area contributed by atoms with Crippen molar-refractivity contribution in [1.82, 2.24) is 10.6 Å². The van der Waals surface area contributed by atoms with Crippen LogP contribution in [0.15, 0.2) is 65.9 Å². The SMILES string of the molecule is O=CCNC1=CCC=C(CC2(C(=O)OCc3ccccc3)SC(=O)NC2=O)C=C1. The molecule has 0 radical (unpaired) electrons. The Labute approximate surface area is 172 Å². The summed E-state index contributed by atoms with van der Waals surface area (Å²) in [5.74, 6) is -1.42. The number of carbonyl (C=O) groups is 4. The van der Waals surface area contributed by atoms with E-state index >= 15 is 0 Å². The third-order valence-electron chi connectivity index (χ3n) is 4.43. The van der Waals surface area contributed by atoms with Crippen molar-refractivity contribution in [3.8, 4) is 0 Å². The van der Waals surface area contributed by atoms with E-state index in [2.05, 4.69) is 10.6 Å². The summed E-state index contributed by atoms with van der Waals surface area (Å²) in [5, 5.41) is 4.58. The van der Waals surface area contributed by atoms with Crippen molar-refractivity contribution in [1.29, 1.82) is 0 Å². The minimum Gasteiger partial charge on any atom is -0.459 e. The predicted molar refractivity (Wildman–Crippen MR) is 109 cm³/mol. The topological polar surface area (TPSA) is 102 Å². The first-order valence-electron chi connectivity index (χ1n) is 9.04. The van der Waals surface area contributed by atoms with Crippen LogP contribution in [0.5, 0.6) is 0 Å². The van der Waals surface area contributed by atoms with Gasteiger partial charge in [-0.25, -0.2) is 4.79 Å². The molecule has 0 aromatic heterocycles. The van der Waals surface area contributed by atoms with Gasteiger partial charge in [0.25, 0.3) is 11.1 Å². The Morgan fingerprint density at radius 2 is 2.00 bits per heavy atom. The molecule has 1 aliphatic carbocycles. The van der Waals surface area contributed by atoms with E-state index in [0.717, 1.165) is 23.1 Å². The molecule has 0 saturated carbocycles. The van der Waals surface area contributed by atoms with Gasteiger partial charge in [-0.15, -0.1) is 0 Å². The zero-order chi connectivity index (χ0) is 20.7. The van der Waals surface area contributed by atoms with Gasteiger partial charge in [-0.1, -0.05) is 48.6 Å².